The molecule has 3 aliphatic rings. The van der Waals surface area contributed by atoms with Crippen LogP contribution in [-0.2, 0) is 11.3 Å². The summed E-state index contributed by atoms with van der Waals surface area (Å²) >= 11 is 0. The van der Waals surface area contributed by atoms with Crippen LogP contribution < -0.4 is 9.47 Å². The van der Waals surface area contributed by atoms with Gasteiger partial charge in [0.05, 0.1) is 19.3 Å². The minimum atomic E-state index is -0.299. The lowest BCUT2D eigenvalue weighted by Crippen LogP contribution is -2.48. The first-order valence-electron chi connectivity index (χ1n) is 7.91. The maximum Gasteiger partial charge on any atom is 0.231 e. The molecule has 120 valence electrons. The maximum atomic E-state index is 10.4. The minimum absolute atomic E-state index is 0.206. The highest BCUT2D eigenvalue weighted by atomic mass is 16.7. The molecule has 2 fully saturated rings. The molecule has 6 nitrogen and oxygen atoms in total. The zero-order chi connectivity index (χ0) is 14.9. The van der Waals surface area contributed by atoms with Crippen LogP contribution in [0.4, 0.5) is 0 Å². The summed E-state index contributed by atoms with van der Waals surface area (Å²) in [5, 5.41) is 10.4. The van der Waals surface area contributed by atoms with Gasteiger partial charge < -0.3 is 19.3 Å². The summed E-state index contributed by atoms with van der Waals surface area (Å²) in [6.45, 7) is 6.01. The SMILES string of the molecule is O[C@@H]1CN(Cc2cccc3c2OCO3)C[C@H]1N1CCOCC1. The maximum absolute atomic E-state index is 10.4. The molecule has 4 rings (SSSR count). The summed E-state index contributed by atoms with van der Waals surface area (Å²) in [5.41, 5.74) is 1.13. The lowest BCUT2D eigenvalue weighted by atomic mass is 10.1. The fraction of sp³-hybridized carbons (Fsp3) is 0.625. The largest absolute Gasteiger partial charge is 0.454 e. The topological polar surface area (TPSA) is 54.4 Å². The zero-order valence-corrected chi connectivity index (χ0v) is 12.6. The molecule has 0 radical (unpaired) electrons. The molecule has 0 saturated carbocycles. The van der Waals surface area contributed by atoms with Gasteiger partial charge in [0.1, 0.15) is 0 Å². The van der Waals surface area contributed by atoms with E-state index in [1.807, 2.05) is 12.1 Å². The highest BCUT2D eigenvalue weighted by molar-refractivity contribution is 5.48. The average molecular weight is 306 g/mol. The van der Waals surface area contributed by atoms with E-state index in [1.54, 1.807) is 0 Å². The third-order valence-corrected chi connectivity index (χ3v) is 4.72. The second-order valence-electron chi connectivity index (χ2n) is 6.13. The van der Waals surface area contributed by atoms with E-state index in [0.29, 0.717) is 13.3 Å². The van der Waals surface area contributed by atoms with Gasteiger partial charge in [0, 0.05) is 44.3 Å². The first-order chi connectivity index (χ1) is 10.8. The minimum Gasteiger partial charge on any atom is -0.454 e. The first kappa shape index (κ1) is 14.3. The van der Waals surface area contributed by atoms with E-state index in [9.17, 15) is 5.11 Å². The fourth-order valence-electron chi connectivity index (χ4n) is 3.60. The standard InChI is InChI=1S/C16H22N2O4/c19-14-10-17(9-13(14)18-4-6-20-7-5-18)8-12-2-1-3-15-16(12)22-11-21-15/h1-3,13-14,19H,4-11H2/t13-,14-/m1/s1. The van der Waals surface area contributed by atoms with E-state index in [-0.39, 0.29) is 12.1 Å². The third-order valence-electron chi connectivity index (χ3n) is 4.72. The quantitative estimate of drug-likeness (QED) is 0.866. The highest BCUT2D eigenvalue weighted by Crippen LogP contribution is 2.36. The van der Waals surface area contributed by atoms with E-state index in [0.717, 1.165) is 56.5 Å². The molecule has 3 aliphatic heterocycles. The fourth-order valence-corrected chi connectivity index (χ4v) is 3.60. The number of aliphatic hydroxyl groups excluding tert-OH is 1. The number of rotatable bonds is 3. The van der Waals surface area contributed by atoms with Crippen LogP contribution in [0, 0.1) is 0 Å². The molecule has 0 aliphatic carbocycles. The second-order valence-corrected chi connectivity index (χ2v) is 6.13. The smallest absolute Gasteiger partial charge is 0.231 e. The van der Waals surface area contributed by atoms with Crippen LogP contribution in [0.25, 0.3) is 0 Å². The van der Waals surface area contributed by atoms with Crippen LogP contribution in [0.3, 0.4) is 0 Å². The summed E-state index contributed by atoms with van der Waals surface area (Å²) in [6, 6.07) is 6.20. The summed E-state index contributed by atoms with van der Waals surface area (Å²) in [5.74, 6) is 1.67. The molecule has 0 bridgehead atoms. The van der Waals surface area contributed by atoms with E-state index in [1.165, 1.54) is 0 Å². The summed E-state index contributed by atoms with van der Waals surface area (Å²) < 4.78 is 16.4. The normalized spacial score (nSPS) is 29.1. The summed E-state index contributed by atoms with van der Waals surface area (Å²) in [4.78, 5) is 4.64. The number of ether oxygens (including phenoxy) is 3. The van der Waals surface area contributed by atoms with Crippen molar-refractivity contribution in [1.82, 2.24) is 9.80 Å². The molecule has 0 spiro atoms. The Balaban J connectivity index is 1.43. The van der Waals surface area contributed by atoms with Gasteiger partial charge in [-0.05, 0) is 6.07 Å². The molecule has 1 aromatic carbocycles. The number of para-hydroxylation sites is 1. The van der Waals surface area contributed by atoms with Crippen LogP contribution in [0.5, 0.6) is 11.5 Å². The molecule has 2 atom stereocenters. The molecule has 1 N–H and O–H groups in total. The monoisotopic (exact) mass is 306 g/mol. The lowest BCUT2D eigenvalue weighted by molar-refractivity contribution is -0.00618. The van der Waals surface area contributed by atoms with Gasteiger partial charge in [-0.15, -0.1) is 0 Å². The Hall–Kier alpha value is -1.34. The van der Waals surface area contributed by atoms with Crippen molar-refractivity contribution in [2.75, 3.05) is 46.2 Å². The number of likely N-dealkylation sites (tertiary alicyclic amines) is 1. The molecule has 3 heterocycles. The molecular weight excluding hydrogens is 284 g/mol. The predicted molar refractivity (Wildman–Crippen MR) is 80.0 cm³/mol. The van der Waals surface area contributed by atoms with E-state index >= 15 is 0 Å². The molecule has 2 saturated heterocycles. The van der Waals surface area contributed by atoms with Crippen LogP contribution in [0.1, 0.15) is 5.56 Å². The predicted octanol–water partition coefficient (Wildman–Crippen LogP) is 0.293. The van der Waals surface area contributed by atoms with Crippen molar-refractivity contribution in [3.8, 4) is 11.5 Å². The number of hydrogen-bond donors (Lipinski definition) is 1. The van der Waals surface area contributed by atoms with Crippen LogP contribution in [0.15, 0.2) is 18.2 Å². The van der Waals surface area contributed by atoms with Crippen LogP contribution >= 0.6 is 0 Å². The third kappa shape index (κ3) is 2.67. The first-order valence-corrected chi connectivity index (χ1v) is 7.91. The van der Waals surface area contributed by atoms with Crippen molar-refractivity contribution in [3.63, 3.8) is 0 Å². The number of nitrogens with zero attached hydrogens (tertiary/aromatic N) is 2. The Morgan fingerprint density at radius 1 is 1.14 bits per heavy atom. The Morgan fingerprint density at radius 3 is 2.86 bits per heavy atom. The average Bonchev–Trinajstić information content (AvgIpc) is 3.15. The van der Waals surface area contributed by atoms with Gasteiger partial charge in [-0.3, -0.25) is 9.80 Å². The summed E-state index contributed by atoms with van der Waals surface area (Å²) in [6.07, 6.45) is -0.299. The Labute approximate surface area is 130 Å². The molecule has 1 aromatic rings. The van der Waals surface area contributed by atoms with E-state index < -0.39 is 0 Å². The number of aliphatic hydroxyl groups is 1. The van der Waals surface area contributed by atoms with Gasteiger partial charge in [0.2, 0.25) is 6.79 Å². The Bertz CT molecular complexity index is 533. The van der Waals surface area contributed by atoms with Crippen molar-refractivity contribution in [1.29, 1.82) is 0 Å². The number of hydrogen-bond acceptors (Lipinski definition) is 6. The molecule has 0 aromatic heterocycles. The Kier molecular flexibility index (Phi) is 3.92. The van der Waals surface area contributed by atoms with Gasteiger partial charge >= 0.3 is 0 Å². The van der Waals surface area contributed by atoms with Crippen molar-refractivity contribution in [2.24, 2.45) is 0 Å². The van der Waals surface area contributed by atoms with Gasteiger partial charge in [-0.2, -0.15) is 0 Å². The molecule has 22 heavy (non-hydrogen) atoms. The van der Waals surface area contributed by atoms with Crippen LogP contribution in [-0.4, -0.2) is 73.2 Å². The zero-order valence-electron chi connectivity index (χ0n) is 12.6. The van der Waals surface area contributed by atoms with Gasteiger partial charge in [0.25, 0.3) is 0 Å². The number of morpholine rings is 1. The molecule has 0 unspecified atom stereocenters. The molecular formula is C16H22N2O4. The number of benzene rings is 1. The van der Waals surface area contributed by atoms with Crippen molar-refractivity contribution in [3.05, 3.63) is 23.8 Å². The van der Waals surface area contributed by atoms with E-state index in [4.69, 9.17) is 14.2 Å². The summed E-state index contributed by atoms with van der Waals surface area (Å²) in [7, 11) is 0. The molecule has 6 heteroatoms. The van der Waals surface area contributed by atoms with Crippen molar-refractivity contribution in [2.45, 2.75) is 18.7 Å². The van der Waals surface area contributed by atoms with Gasteiger partial charge in [-0.25, -0.2) is 0 Å². The lowest BCUT2D eigenvalue weighted by Gasteiger charge is -2.33. The van der Waals surface area contributed by atoms with Gasteiger partial charge in [0.15, 0.2) is 11.5 Å². The van der Waals surface area contributed by atoms with Crippen LogP contribution in [0.2, 0.25) is 0 Å². The van der Waals surface area contributed by atoms with Crippen molar-refractivity contribution < 1.29 is 19.3 Å². The second kappa shape index (κ2) is 6.04. The number of β-amino-alcohol motifs (C(OH)–C–C–N with tert-alkyl or cyclic N) is 1. The highest BCUT2D eigenvalue weighted by Gasteiger charge is 2.36. The van der Waals surface area contributed by atoms with Crippen molar-refractivity contribution >= 4 is 0 Å². The van der Waals surface area contributed by atoms with Gasteiger partial charge in [-0.1, -0.05) is 12.1 Å². The molecule has 0 amide bonds. The van der Waals surface area contributed by atoms with E-state index in [2.05, 4.69) is 15.9 Å². The number of fused-ring (bicyclic) bond motifs is 1. The Morgan fingerprint density at radius 2 is 2.00 bits per heavy atom.